The minimum absolute atomic E-state index is 0.308. The number of carbonyl (C=O) groups excluding carboxylic acids is 2. The van der Waals surface area contributed by atoms with E-state index in [2.05, 4.69) is 22.0 Å². The first-order valence-corrected chi connectivity index (χ1v) is 10.7. The zero-order valence-electron chi connectivity index (χ0n) is 18.7. The summed E-state index contributed by atoms with van der Waals surface area (Å²) in [4.78, 5) is 29.2. The highest BCUT2D eigenvalue weighted by Crippen LogP contribution is 2.22. The maximum Gasteiger partial charge on any atom is 0.255 e. The van der Waals surface area contributed by atoms with Crippen LogP contribution in [0.1, 0.15) is 15.9 Å². The minimum atomic E-state index is -0.707. The lowest BCUT2D eigenvalue weighted by atomic mass is 10.1. The van der Waals surface area contributed by atoms with Crippen molar-refractivity contribution in [1.29, 1.82) is 0 Å². The molecule has 1 amide bonds. The predicted molar refractivity (Wildman–Crippen MR) is 129 cm³/mol. The third-order valence-electron chi connectivity index (χ3n) is 5.19. The summed E-state index contributed by atoms with van der Waals surface area (Å²) < 4.78 is 12.3. The molecule has 0 bridgehead atoms. The molecular weight excluding hydrogens is 432 g/mol. The van der Waals surface area contributed by atoms with Gasteiger partial charge in [0.25, 0.3) is 5.91 Å². The van der Waals surface area contributed by atoms with Crippen LogP contribution in [0.15, 0.2) is 79.6 Å². The molecule has 172 valence electrons. The lowest BCUT2D eigenvalue weighted by Crippen LogP contribution is -2.38. The van der Waals surface area contributed by atoms with Crippen LogP contribution in [0.4, 0.5) is 0 Å². The molecule has 0 unspecified atom stereocenters. The molecule has 0 saturated heterocycles. The number of hydrogen-bond acceptors (Lipinski definition) is 6. The summed E-state index contributed by atoms with van der Waals surface area (Å²) >= 11 is 0. The van der Waals surface area contributed by atoms with Gasteiger partial charge in [-0.1, -0.05) is 24.8 Å². The van der Waals surface area contributed by atoms with Crippen molar-refractivity contribution in [1.82, 2.24) is 20.1 Å². The van der Waals surface area contributed by atoms with E-state index in [1.807, 2.05) is 42.5 Å². The molecule has 1 atom stereocenters. The highest BCUT2D eigenvalue weighted by atomic mass is 16.5. The Balaban J connectivity index is 1.52. The van der Waals surface area contributed by atoms with Crippen molar-refractivity contribution in [2.45, 2.75) is 12.5 Å². The van der Waals surface area contributed by atoms with E-state index in [0.717, 1.165) is 22.8 Å². The molecule has 0 spiro atoms. The van der Waals surface area contributed by atoms with Gasteiger partial charge in [-0.3, -0.25) is 4.79 Å². The summed E-state index contributed by atoms with van der Waals surface area (Å²) in [6.07, 6.45) is 6.11. The van der Waals surface area contributed by atoms with Gasteiger partial charge < -0.3 is 19.6 Å². The van der Waals surface area contributed by atoms with Crippen molar-refractivity contribution in [3.05, 3.63) is 90.8 Å². The lowest BCUT2D eigenvalue weighted by Gasteiger charge is -2.15. The van der Waals surface area contributed by atoms with E-state index in [4.69, 9.17) is 9.47 Å². The van der Waals surface area contributed by atoms with Crippen LogP contribution in [0.5, 0.6) is 11.5 Å². The first-order chi connectivity index (χ1) is 16.6. The number of ether oxygens (including phenoxy) is 2. The number of fused-ring (bicyclic) bond motifs is 1. The van der Waals surface area contributed by atoms with E-state index in [0.29, 0.717) is 35.9 Å². The molecule has 0 fully saturated rings. The molecule has 0 aliphatic rings. The summed E-state index contributed by atoms with van der Waals surface area (Å²) in [6, 6.07) is 15.5. The van der Waals surface area contributed by atoms with E-state index in [9.17, 15) is 9.59 Å². The average Bonchev–Trinajstić information content (AvgIpc) is 3.31. The van der Waals surface area contributed by atoms with Crippen molar-refractivity contribution >= 4 is 23.1 Å². The van der Waals surface area contributed by atoms with Gasteiger partial charge in [0.05, 0.1) is 24.2 Å². The molecule has 0 radical (unpaired) electrons. The molecule has 4 rings (SSSR count). The number of aromatic nitrogens is 3. The molecule has 4 aromatic rings. The fourth-order valence-electron chi connectivity index (χ4n) is 3.51. The van der Waals surface area contributed by atoms with Crippen molar-refractivity contribution in [2.24, 2.45) is 0 Å². The Morgan fingerprint density at radius 2 is 1.97 bits per heavy atom. The van der Waals surface area contributed by atoms with Crippen LogP contribution in [-0.4, -0.2) is 46.7 Å². The van der Waals surface area contributed by atoms with E-state index in [1.165, 1.54) is 0 Å². The monoisotopic (exact) mass is 456 g/mol. The van der Waals surface area contributed by atoms with Crippen molar-refractivity contribution < 1.29 is 19.1 Å². The summed E-state index contributed by atoms with van der Waals surface area (Å²) in [7, 11) is 1.60. The van der Waals surface area contributed by atoms with Gasteiger partial charge in [0.1, 0.15) is 24.4 Å². The van der Waals surface area contributed by atoms with Crippen molar-refractivity contribution in [3.63, 3.8) is 0 Å². The summed E-state index contributed by atoms with van der Waals surface area (Å²) in [6.45, 7) is 4.04. The number of methoxy groups -OCH3 is 1. The van der Waals surface area contributed by atoms with Gasteiger partial charge in [0.15, 0.2) is 5.82 Å². The van der Waals surface area contributed by atoms with Crippen LogP contribution in [0.2, 0.25) is 0 Å². The number of nitrogens with zero attached hydrogens (tertiary/aromatic N) is 3. The topological polar surface area (TPSA) is 95.3 Å². The molecule has 2 heterocycles. The van der Waals surface area contributed by atoms with Crippen molar-refractivity contribution in [3.8, 4) is 17.3 Å². The van der Waals surface area contributed by atoms with Gasteiger partial charge >= 0.3 is 0 Å². The molecule has 0 aliphatic heterocycles. The van der Waals surface area contributed by atoms with Gasteiger partial charge in [-0.2, -0.15) is 5.10 Å². The van der Waals surface area contributed by atoms with E-state index >= 15 is 0 Å². The molecule has 0 saturated carbocycles. The zero-order valence-corrected chi connectivity index (χ0v) is 18.7. The number of benzene rings is 2. The Morgan fingerprint density at radius 3 is 2.71 bits per heavy atom. The van der Waals surface area contributed by atoms with Crippen LogP contribution in [-0.2, 0) is 11.2 Å². The quantitative estimate of drug-likeness (QED) is 0.290. The normalized spacial score (nSPS) is 11.6. The number of nitrogens with one attached hydrogen (secondary N) is 1. The SMILES string of the molecule is C=CCOc1ccc(C[C@@H](C=O)NC(=O)c2cccnc2-n2cc3cc(OC)ccc3n2)cc1. The maximum atomic E-state index is 13.1. The van der Waals surface area contributed by atoms with Crippen LogP contribution in [0, 0.1) is 0 Å². The Bertz CT molecular complexity index is 1310. The Labute approximate surface area is 196 Å². The maximum absolute atomic E-state index is 13.1. The molecular formula is C26H24N4O4. The van der Waals surface area contributed by atoms with Gasteiger partial charge in [0.2, 0.25) is 0 Å². The molecule has 8 nitrogen and oxygen atoms in total. The molecule has 8 heteroatoms. The average molecular weight is 457 g/mol. The third kappa shape index (κ3) is 5.12. The predicted octanol–water partition coefficient (Wildman–Crippen LogP) is 3.53. The highest BCUT2D eigenvalue weighted by Gasteiger charge is 2.19. The second-order valence-electron chi connectivity index (χ2n) is 7.54. The van der Waals surface area contributed by atoms with Gasteiger partial charge in [0, 0.05) is 17.8 Å². The molecule has 1 N–H and O–H groups in total. The van der Waals surface area contributed by atoms with Crippen LogP contribution < -0.4 is 14.8 Å². The smallest absolute Gasteiger partial charge is 0.255 e. The zero-order chi connectivity index (χ0) is 23.9. The third-order valence-corrected chi connectivity index (χ3v) is 5.19. The summed E-state index contributed by atoms with van der Waals surface area (Å²) in [5.41, 5.74) is 1.94. The second-order valence-corrected chi connectivity index (χ2v) is 7.54. The van der Waals surface area contributed by atoms with E-state index in [1.54, 1.807) is 42.4 Å². The number of carbonyl (C=O) groups is 2. The molecule has 0 aliphatic carbocycles. The second kappa shape index (κ2) is 10.4. The number of rotatable bonds is 10. The lowest BCUT2D eigenvalue weighted by molar-refractivity contribution is -0.109. The number of pyridine rings is 1. The van der Waals surface area contributed by atoms with Gasteiger partial charge in [-0.15, -0.1) is 0 Å². The molecule has 2 aromatic carbocycles. The first-order valence-electron chi connectivity index (χ1n) is 10.7. The standard InChI is InChI=1S/C26H24N4O4/c1-3-13-34-21-8-6-18(7-9-21)14-20(17-31)28-26(32)23-5-4-12-27-25(23)30-16-19-15-22(33-2)10-11-24(19)29-30/h3-12,15-17,20H,1,13-14H2,2H3,(H,28,32)/t20-/m0/s1. The largest absolute Gasteiger partial charge is 0.497 e. The molecule has 2 aromatic heterocycles. The van der Waals surface area contributed by atoms with Crippen LogP contribution >= 0.6 is 0 Å². The van der Waals surface area contributed by atoms with Crippen molar-refractivity contribution in [2.75, 3.05) is 13.7 Å². The Morgan fingerprint density at radius 1 is 1.18 bits per heavy atom. The Kier molecular flexibility index (Phi) is 6.98. The molecule has 34 heavy (non-hydrogen) atoms. The van der Waals surface area contributed by atoms with Crippen LogP contribution in [0.3, 0.4) is 0 Å². The first kappa shape index (κ1) is 22.7. The van der Waals surface area contributed by atoms with Crippen LogP contribution in [0.25, 0.3) is 16.7 Å². The highest BCUT2D eigenvalue weighted by molar-refractivity contribution is 5.98. The fourth-order valence-corrected chi connectivity index (χ4v) is 3.51. The Hall–Kier alpha value is -4.46. The van der Waals surface area contributed by atoms with Gasteiger partial charge in [-0.25, -0.2) is 9.67 Å². The van der Waals surface area contributed by atoms with Gasteiger partial charge in [-0.05, 0) is 54.4 Å². The number of aldehydes is 1. The summed E-state index contributed by atoms with van der Waals surface area (Å²) in [5.74, 6) is 1.37. The van der Waals surface area contributed by atoms with E-state index < -0.39 is 11.9 Å². The fraction of sp³-hybridized carbons (Fsp3) is 0.154. The summed E-state index contributed by atoms with van der Waals surface area (Å²) in [5, 5.41) is 8.17. The number of hydrogen-bond donors (Lipinski definition) is 1. The number of amides is 1. The van der Waals surface area contributed by atoms with E-state index in [-0.39, 0.29) is 0 Å². The minimum Gasteiger partial charge on any atom is -0.497 e.